The van der Waals surface area contributed by atoms with Crippen molar-refractivity contribution in [1.82, 2.24) is 10.2 Å². The molecule has 21 heavy (non-hydrogen) atoms. The fourth-order valence-corrected chi connectivity index (χ4v) is 5.32. The van der Waals surface area contributed by atoms with Gasteiger partial charge in [0.05, 0.1) is 4.90 Å². The third-order valence-corrected chi connectivity index (χ3v) is 6.75. The zero-order valence-electron chi connectivity index (χ0n) is 12.3. The van der Waals surface area contributed by atoms with Gasteiger partial charge in [-0.3, -0.25) is 4.90 Å². The Bertz CT molecular complexity index is 623. The van der Waals surface area contributed by atoms with Gasteiger partial charge in [-0.15, -0.1) is 0 Å². The molecule has 5 heteroatoms. The van der Waals surface area contributed by atoms with Gasteiger partial charge in [-0.25, -0.2) is 8.42 Å². The topological polar surface area (TPSA) is 49.4 Å². The standard InChI is InChI=1S/C16H22N2O2S/c1-21(19,20)12-4-2-11(3-5-12)10-18-15-6-7-16(18)14-9-17-8-13(14)15/h2-5,13-17H,6-10H2,1H3/t13-,14+,15-,16+. The molecule has 0 aromatic heterocycles. The average molecular weight is 306 g/mol. The number of sulfone groups is 1. The molecule has 0 unspecified atom stereocenters. The highest BCUT2D eigenvalue weighted by molar-refractivity contribution is 7.90. The Labute approximate surface area is 126 Å². The van der Waals surface area contributed by atoms with Crippen molar-refractivity contribution in [2.45, 2.75) is 36.4 Å². The Kier molecular flexibility index (Phi) is 3.14. The van der Waals surface area contributed by atoms with Crippen LogP contribution in [0.15, 0.2) is 29.2 Å². The first-order chi connectivity index (χ1) is 10.0. The summed E-state index contributed by atoms with van der Waals surface area (Å²) in [5.41, 5.74) is 1.23. The van der Waals surface area contributed by atoms with Gasteiger partial charge in [0.15, 0.2) is 9.84 Å². The Morgan fingerprint density at radius 3 is 2.19 bits per heavy atom. The maximum Gasteiger partial charge on any atom is 0.175 e. The molecule has 3 aliphatic heterocycles. The van der Waals surface area contributed by atoms with Crippen molar-refractivity contribution in [2.75, 3.05) is 19.3 Å². The van der Waals surface area contributed by atoms with Crippen molar-refractivity contribution in [2.24, 2.45) is 11.8 Å². The lowest BCUT2D eigenvalue weighted by molar-refractivity contribution is 0.218. The first-order valence-electron chi connectivity index (χ1n) is 7.79. The molecule has 4 nitrogen and oxygen atoms in total. The number of hydrogen-bond acceptors (Lipinski definition) is 4. The maximum atomic E-state index is 11.5. The van der Waals surface area contributed by atoms with Gasteiger partial charge in [-0.2, -0.15) is 0 Å². The third-order valence-electron chi connectivity index (χ3n) is 5.63. The lowest BCUT2D eigenvalue weighted by Crippen LogP contribution is -2.33. The molecule has 0 spiro atoms. The van der Waals surface area contributed by atoms with E-state index >= 15 is 0 Å². The molecule has 0 amide bonds. The van der Waals surface area contributed by atoms with E-state index in [1.807, 2.05) is 12.1 Å². The van der Waals surface area contributed by atoms with Crippen LogP contribution in [0.5, 0.6) is 0 Å². The number of fused-ring (bicyclic) bond motifs is 5. The maximum absolute atomic E-state index is 11.5. The molecule has 1 aromatic rings. The summed E-state index contributed by atoms with van der Waals surface area (Å²) < 4.78 is 23.0. The van der Waals surface area contributed by atoms with Crippen molar-refractivity contribution in [3.63, 3.8) is 0 Å². The van der Waals surface area contributed by atoms with Gasteiger partial charge in [-0.05, 0) is 55.5 Å². The second-order valence-electron chi connectivity index (χ2n) is 6.79. The molecule has 0 aliphatic carbocycles. The number of nitrogens with one attached hydrogen (secondary N) is 1. The first-order valence-corrected chi connectivity index (χ1v) is 9.68. The normalized spacial score (nSPS) is 35.3. The average Bonchev–Trinajstić information content (AvgIpc) is 3.10. The second-order valence-corrected chi connectivity index (χ2v) is 8.80. The van der Waals surface area contributed by atoms with Gasteiger partial charge in [0.25, 0.3) is 0 Å². The lowest BCUT2D eigenvalue weighted by atomic mass is 9.82. The minimum absolute atomic E-state index is 0.414. The van der Waals surface area contributed by atoms with Crippen LogP contribution in [0, 0.1) is 11.8 Å². The molecule has 4 atom stereocenters. The van der Waals surface area contributed by atoms with Gasteiger partial charge < -0.3 is 5.32 Å². The van der Waals surface area contributed by atoms with Crippen LogP contribution < -0.4 is 5.32 Å². The van der Waals surface area contributed by atoms with Crippen molar-refractivity contribution < 1.29 is 8.42 Å². The van der Waals surface area contributed by atoms with E-state index in [4.69, 9.17) is 0 Å². The molecular formula is C16H22N2O2S. The van der Waals surface area contributed by atoms with Crippen LogP contribution in [0.25, 0.3) is 0 Å². The van der Waals surface area contributed by atoms with Crippen LogP contribution in [0.4, 0.5) is 0 Å². The number of rotatable bonds is 3. The summed E-state index contributed by atoms with van der Waals surface area (Å²) in [6.07, 6.45) is 3.92. The molecule has 114 valence electrons. The quantitative estimate of drug-likeness (QED) is 0.914. The third kappa shape index (κ3) is 2.22. The summed E-state index contributed by atoms with van der Waals surface area (Å²) in [5.74, 6) is 1.66. The zero-order valence-corrected chi connectivity index (χ0v) is 13.1. The highest BCUT2D eigenvalue weighted by Gasteiger charge is 2.54. The Morgan fingerprint density at radius 1 is 1.10 bits per heavy atom. The molecule has 2 bridgehead atoms. The second kappa shape index (κ2) is 4.80. The zero-order chi connectivity index (χ0) is 14.6. The summed E-state index contributed by atoms with van der Waals surface area (Å²) in [7, 11) is -3.09. The molecule has 3 fully saturated rings. The number of nitrogens with zero attached hydrogens (tertiary/aromatic N) is 1. The van der Waals surface area contributed by atoms with Crippen LogP contribution in [0.1, 0.15) is 18.4 Å². The summed E-state index contributed by atoms with van der Waals surface area (Å²) >= 11 is 0. The highest BCUT2D eigenvalue weighted by Crippen LogP contribution is 2.47. The molecule has 0 radical (unpaired) electrons. The summed E-state index contributed by atoms with van der Waals surface area (Å²) in [6.45, 7) is 3.32. The van der Waals surface area contributed by atoms with Gasteiger partial charge in [0, 0.05) is 24.9 Å². The molecule has 3 saturated heterocycles. The minimum atomic E-state index is -3.09. The molecular weight excluding hydrogens is 284 g/mol. The van der Waals surface area contributed by atoms with E-state index in [0.717, 1.165) is 30.5 Å². The number of hydrogen-bond donors (Lipinski definition) is 1. The SMILES string of the molecule is CS(=O)(=O)c1ccc(CN2[C@@H]3CC[C@H]2[C@H]2CNC[C@H]23)cc1. The Balaban J connectivity index is 1.52. The molecule has 3 aliphatic rings. The molecule has 1 aromatic carbocycles. The minimum Gasteiger partial charge on any atom is -0.316 e. The summed E-state index contributed by atoms with van der Waals surface area (Å²) in [6, 6.07) is 8.88. The van der Waals surface area contributed by atoms with Gasteiger partial charge >= 0.3 is 0 Å². The highest BCUT2D eigenvalue weighted by atomic mass is 32.2. The van der Waals surface area contributed by atoms with Crippen LogP contribution in [0.2, 0.25) is 0 Å². The predicted octanol–water partition coefficient (Wildman–Crippen LogP) is 1.27. The van der Waals surface area contributed by atoms with Crippen LogP contribution in [-0.2, 0) is 16.4 Å². The monoisotopic (exact) mass is 306 g/mol. The van der Waals surface area contributed by atoms with Gasteiger partial charge in [0.2, 0.25) is 0 Å². The van der Waals surface area contributed by atoms with Crippen LogP contribution in [-0.4, -0.2) is 44.7 Å². The predicted molar refractivity (Wildman–Crippen MR) is 81.8 cm³/mol. The van der Waals surface area contributed by atoms with Crippen molar-refractivity contribution in [3.05, 3.63) is 29.8 Å². The van der Waals surface area contributed by atoms with Crippen LogP contribution >= 0.6 is 0 Å². The van der Waals surface area contributed by atoms with Gasteiger partial charge in [0.1, 0.15) is 0 Å². The van der Waals surface area contributed by atoms with E-state index in [-0.39, 0.29) is 0 Å². The van der Waals surface area contributed by atoms with Crippen molar-refractivity contribution in [3.8, 4) is 0 Å². The molecule has 0 saturated carbocycles. The van der Waals surface area contributed by atoms with Crippen molar-refractivity contribution >= 4 is 9.84 Å². The van der Waals surface area contributed by atoms with E-state index in [0.29, 0.717) is 4.90 Å². The smallest absolute Gasteiger partial charge is 0.175 e. The first kappa shape index (κ1) is 13.7. The Hall–Kier alpha value is -0.910. The fraction of sp³-hybridized carbons (Fsp3) is 0.625. The fourth-order valence-electron chi connectivity index (χ4n) is 4.69. The molecule has 3 heterocycles. The van der Waals surface area contributed by atoms with Crippen LogP contribution in [0.3, 0.4) is 0 Å². The lowest BCUT2D eigenvalue weighted by Gasteiger charge is -2.24. The van der Waals surface area contributed by atoms with Gasteiger partial charge in [-0.1, -0.05) is 12.1 Å². The van der Waals surface area contributed by atoms with E-state index in [2.05, 4.69) is 10.2 Å². The molecule has 4 rings (SSSR count). The largest absolute Gasteiger partial charge is 0.316 e. The summed E-state index contributed by atoms with van der Waals surface area (Å²) in [5, 5.41) is 3.54. The van der Waals surface area contributed by atoms with E-state index in [1.54, 1.807) is 12.1 Å². The summed E-state index contributed by atoms with van der Waals surface area (Å²) in [4.78, 5) is 3.09. The van der Waals surface area contributed by atoms with E-state index < -0.39 is 9.84 Å². The van der Waals surface area contributed by atoms with E-state index in [9.17, 15) is 8.42 Å². The number of benzene rings is 1. The van der Waals surface area contributed by atoms with E-state index in [1.165, 1.54) is 37.8 Å². The molecule has 1 N–H and O–H groups in total. The Morgan fingerprint density at radius 2 is 1.67 bits per heavy atom. The van der Waals surface area contributed by atoms with Crippen molar-refractivity contribution in [1.29, 1.82) is 0 Å².